The van der Waals surface area contributed by atoms with E-state index in [1.165, 1.54) is 12.1 Å². The van der Waals surface area contributed by atoms with Gasteiger partial charge in [-0.1, -0.05) is 0 Å². The number of likely N-dealkylation sites (tertiary alicyclic amines) is 1. The van der Waals surface area contributed by atoms with E-state index >= 15 is 0 Å². The predicted molar refractivity (Wildman–Crippen MR) is 97.5 cm³/mol. The van der Waals surface area contributed by atoms with Crippen LogP contribution < -0.4 is 10.1 Å². The van der Waals surface area contributed by atoms with Crippen LogP contribution in [0.15, 0.2) is 18.2 Å². The van der Waals surface area contributed by atoms with Crippen LogP contribution in [0.2, 0.25) is 0 Å². The molecule has 0 radical (unpaired) electrons. The first-order valence-electron chi connectivity index (χ1n) is 8.03. The van der Waals surface area contributed by atoms with Gasteiger partial charge in [-0.25, -0.2) is 9.18 Å². The molecule has 0 aliphatic carbocycles. The molecular weight excluding hydrogens is 329 g/mol. The number of anilines is 1. The van der Waals surface area contributed by atoms with Crippen LogP contribution >= 0.6 is 11.8 Å². The van der Waals surface area contributed by atoms with Crippen molar-refractivity contribution in [1.29, 1.82) is 0 Å². The third-order valence-corrected chi connectivity index (χ3v) is 5.11. The maximum Gasteiger partial charge on any atom is 0.322 e. The Morgan fingerprint density at radius 1 is 1.42 bits per heavy atom. The number of benzene rings is 1. The summed E-state index contributed by atoms with van der Waals surface area (Å²) in [5.41, 5.74) is 0.171. The predicted octanol–water partition coefficient (Wildman–Crippen LogP) is 3.12. The summed E-state index contributed by atoms with van der Waals surface area (Å²) in [6.45, 7) is 5.06. The van der Waals surface area contributed by atoms with Gasteiger partial charge in [-0.2, -0.15) is 11.8 Å². The van der Waals surface area contributed by atoms with Gasteiger partial charge in [0.2, 0.25) is 0 Å². The van der Waals surface area contributed by atoms with E-state index < -0.39 is 5.82 Å². The minimum Gasteiger partial charge on any atom is -0.491 e. The molecule has 24 heavy (non-hydrogen) atoms. The monoisotopic (exact) mass is 355 g/mol. The smallest absolute Gasteiger partial charge is 0.322 e. The summed E-state index contributed by atoms with van der Waals surface area (Å²) in [6, 6.07) is 4.53. The van der Waals surface area contributed by atoms with Gasteiger partial charge in [-0.15, -0.1) is 0 Å². The molecule has 5 nitrogen and oxygen atoms in total. The van der Waals surface area contributed by atoms with E-state index in [1.807, 2.05) is 27.9 Å². The van der Waals surface area contributed by atoms with Crippen LogP contribution in [-0.2, 0) is 0 Å². The van der Waals surface area contributed by atoms with Crippen molar-refractivity contribution in [2.24, 2.45) is 0 Å². The number of hydrogen-bond donors (Lipinski definition) is 1. The SMILES string of the molecule is CSC1CN(C(=O)Nc2ccc(OC(C)C)cc2F)CC1N(C)C. The quantitative estimate of drug-likeness (QED) is 0.881. The van der Waals surface area contributed by atoms with Crippen molar-refractivity contribution in [3.05, 3.63) is 24.0 Å². The Kier molecular flexibility index (Phi) is 6.34. The standard InChI is InChI=1S/C17H26FN3O2S/c1-11(2)23-12-6-7-14(13(18)8-12)19-17(22)21-9-15(20(3)4)16(10-21)24-5/h6-8,11,15-16H,9-10H2,1-5H3,(H,19,22). The average Bonchev–Trinajstić information content (AvgIpc) is 2.94. The van der Waals surface area contributed by atoms with E-state index in [0.717, 1.165) is 0 Å². The maximum absolute atomic E-state index is 14.2. The molecule has 2 unspecified atom stereocenters. The molecule has 2 rings (SSSR count). The fraction of sp³-hybridized carbons (Fsp3) is 0.588. The summed E-state index contributed by atoms with van der Waals surface area (Å²) in [5, 5.41) is 3.02. The van der Waals surface area contributed by atoms with Crippen LogP contribution in [0.4, 0.5) is 14.9 Å². The zero-order valence-electron chi connectivity index (χ0n) is 14.9. The lowest BCUT2D eigenvalue weighted by atomic mass is 10.2. The lowest BCUT2D eigenvalue weighted by molar-refractivity contribution is 0.216. The third-order valence-electron chi connectivity index (χ3n) is 4.04. The molecule has 0 spiro atoms. The zero-order valence-corrected chi connectivity index (χ0v) is 15.7. The highest BCUT2D eigenvalue weighted by atomic mass is 32.2. The zero-order chi connectivity index (χ0) is 17.9. The van der Waals surface area contributed by atoms with Crippen LogP contribution in [0.25, 0.3) is 0 Å². The van der Waals surface area contributed by atoms with Crippen LogP contribution in [0.5, 0.6) is 5.75 Å². The molecule has 1 saturated heterocycles. The Morgan fingerprint density at radius 2 is 2.12 bits per heavy atom. The van der Waals surface area contributed by atoms with E-state index in [-0.39, 0.29) is 17.8 Å². The number of carbonyl (C=O) groups is 1. The second-order valence-electron chi connectivity index (χ2n) is 6.45. The number of carbonyl (C=O) groups excluding carboxylic acids is 1. The molecule has 7 heteroatoms. The van der Waals surface area contributed by atoms with Gasteiger partial charge < -0.3 is 19.9 Å². The molecule has 0 saturated carbocycles. The number of urea groups is 1. The normalized spacial score (nSPS) is 20.8. The van der Waals surface area contributed by atoms with Gasteiger partial charge in [0, 0.05) is 30.4 Å². The number of amides is 2. The molecule has 1 aliphatic rings. The Morgan fingerprint density at radius 3 is 2.62 bits per heavy atom. The first kappa shape index (κ1) is 18.9. The number of rotatable bonds is 5. The summed E-state index contributed by atoms with van der Waals surface area (Å²) in [4.78, 5) is 16.3. The highest BCUT2D eigenvalue weighted by Gasteiger charge is 2.36. The molecule has 0 bridgehead atoms. The van der Waals surface area contributed by atoms with Gasteiger partial charge in [0.05, 0.1) is 11.8 Å². The first-order valence-corrected chi connectivity index (χ1v) is 9.32. The van der Waals surface area contributed by atoms with Crippen LogP contribution in [0.1, 0.15) is 13.8 Å². The summed E-state index contributed by atoms with van der Waals surface area (Å²) in [6.07, 6.45) is 2.02. The second kappa shape index (κ2) is 8.07. The largest absolute Gasteiger partial charge is 0.491 e. The lowest BCUT2D eigenvalue weighted by Gasteiger charge is -2.23. The van der Waals surface area contributed by atoms with Crippen molar-refractivity contribution in [3.63, 3.8) is 0 Å². The summed E-state index contributed by atoms with van der Waals surface area (Å²) < 4.78 is 19.6. The number of halogens is 1. The Bertz CT molecular complexity index is 583. The van der Waals surface area contributed by atoms with Gasteiger partial charge in [-0.3, -0.25) is 0 Å². The number of nitrogens with zero attached hydrogens (tertiary/aromatic N) is 2. The summed E-state index contributed by atoms with van der Waals surface area (Å²) in [5.74, 6) is -0.0388. The van der Waals surface area contributed by atoms with Crippen molar-refractivity contribution in [2.75, 3.05) is 38.8 Å². The highest BCUT2D eigenvalue weighted by Crippen LogP contribution is 2.26. The number of thioether (sulfide) groups is 1. The highest BCUT2D eigenvalue weighted by molar-refractivity contribution is 7.99. The van der Waals surface area contributed by atoms with Gasteiger partial charge in [-0.05, 0) is 46.3 Å². The van der Waals surface area contributed by atoms with Gasteiger partial charge in [0.15, 0.2) is 0 Å². The maximum atomic E-state index is 14.2. The second-order valence-corrected chi connectivity index (χ2v) is 7.53. The van der Waals surface area contributed by atoms with Gasteiger partial charge in [0.25, 0.3) is 0 Å². The first-order chi connectivity index (χ1) is 11.3. The third kappa shape index (κ3) is 4.54. The molecule has 1 aromatic rings. The van der Waals surface area contributed by atoms with E-state index in [0.29, 0.717) is 30.1 Å². The van der Waals surface area contributed by atoms with E-state index in [4.69, 9.17) is 4.74 Å². The van der Waals surface area contributed by atoms with Crippen molar-refractivity contribution < 1.29 is 13.9 Å². The molecule has 2 atom stereocenters. The molecular formula is C17H26FN3O2S. The molecule has 1 aliphatic heterocycles. The summed E-state index contributed by atoms with van der Waals surface area (Å²) >= 11 is 1.75. The molecule has 0 aromatic heterocycles. The topological polar surface area (TPSA) is 44.8 Å². The Balaban J connectivity index is 2.02. The number of ether oxygens (including phenoxy) is 1. The number of hydrogen-bond acceptors (Lipinski definition) is 4. The Hall–Kier alpha value is -1.47. The molecule has 1 N–H and O–H groups in total. The van der Waals surface area contributed by atoms with E-state index in [2.05, 4.69) is 16.5 Å². The van der Waals surface area contributed by atoms with Gasteiger partial charge in [0.1, 0.15) is 11.6 Å². The number of likely N-dealkylation sites (N-methyl/N-ethyl adjacent to an activating group) is 1. The Labute approximate surface area is 147 Å². The van der Waals surface area contributed by atoms with E-state index in [9.17, 15) is 9.18 Å². The lowest BCUT2D eigenvalue weighted by Crippen LogP contribution is -2.38. The van der Waals surface area contributed by atoms with Crippen molar-refractivity contribution in [3.8, 4) is 5.75 Å². The minimum atomic E-state index is -0.494. The minimum absolute atomic E-state index is 0.0270. The van der Waals surface area contributed by atoms with Crippen LogP contribution in [0.3, 0.4) is 0 Å². The molecule has 1 heterocycles. The molecule has 134 valence electrons. The van der Waals surface area contributed by atoms with Crippen LogP contribution in [-0.4, -0.2) is 66.7 Å². The fourth-order valence-corrected chi connectivity index (χ4v) is 3.76. The molecule has 1 fully saturated rings. The fourth-order valence-electron chi connectivity index (χ4n) is 2.79. The average molecular weight is 355 g/mol. The van der Waals surface area contributed by atoms with Gasteiger partial charge >= 0.3 is 6.03 Å². The van der Waals surface area contributed by atoms with Crippen molar-refractivity contribution >= 4 is 23.5 Å². The molecule has 1 aromatic carbocycles. The van der Waals surface area contributed by atoms with Crippen molar-refractivity contribution in [2.45, 2.75) is 31.2 Å². The number of nitrogens with one attached hydrogen (secondary N) is 1. The summed E-state index contributed by atoms with van der Waals surface area (Å²) in [7, 11) is 4.03. The van der Waals surface area contributed by atoms with Crippen molar-refractivity contribution in [1.82, 2.24) is 9.80 Å². The molecule has 2 amide bonds. The van der Waals surface area contributed by atoms with E-state index in [1.54, 1.807) is 22.7 Å². The van der Waals surface area contributed by atoms with Crippen LogP contribution in [0, 0.1) is 5.82 Å².